The highest BCUT2D eigenvalue weighted by atomic mass is 32.2. The molecule has 0 unspecified atom stereocenters. The van der Waals surface area contributed by atoms with Crippen LogP contribution < -0.4 is 9.46 Å². The average molecular weight is 358 g/mol. The second kappa shape index (κ2) is 8.27. The van der Waals surface area contributed by atoms with E-state index in [0.29, 0.717) is 6.54 Å². The Balaban J connectivity index is 1.85. The molecule has 0 saturated heterocycles. The van der Waals surface area contributed by atoms with Crippen molar-refractivity contribution in [3.05, 3.63) is 30.1 Å². The van der Waals surface area contributed by atoms with Gasteiger partial charge in [-0.05, 0) is 39.1 Å². The fourth-order valence-electron chi connectivity index (χ4n) is 3.13. The molecule has 1 N–H and O–H groups in total. The highest BCUT2D eigenvalue weighted by Crippen LogP contribution is 2.31. The molecule has 0 heterocycles. The molecule has 0 bridgehead atoms. The second-order valence-electron chi connectivity index (χ2n) is 6.60. The van der Waals surface area contributed by atoms with E-state index in [1.54, 1.807) is 12.1 Å². The number of ether oxygens (including phenoxy) is 1. The number of para-hydroxylation sites is 1. The first-order valence-corrected chi connectivity index (χ1v) is 10.0. The summed E-state index contributed by atoms with van der Waals surface area (Å²) in [6, 6.07) is 5.98. The molecule has 0 atom stereocenters. The van der Waals surface area contributed by atoms with Crippen molar-refractivity contribution in [2.45, 2.75) is 37.6 Å². The molecule has 1 aliphatic rings. The van der Waals surface area contributed by atoms with Crippen molar-refractivity contribution < 1.29 is 17.5 Å². The third-order valence-electron chi connectivity index (χ3n) is 4.80. The molecule has 24 heavy (non-hydrogen) atoms. The molecule has 1 saturated carbocycles. The summed E-state index contributed by atoms with van der Waals surface area (Å²) in [5, 5.41) is 0. The zero-order valence-corrected chi connectivity index (χ0v) is 15.2. The lowest BCUT2D eigenvalue weighted by atomic mass is 9.81. The fourth-order valence-corrected chi connectivity index (χ4v) is 4.07. The summed E-state index contributed by atoms with van der Waals surface area (Å²) >= 11 is 0. The van der Waals surface area contributed by atoms with Crippen LogP contribution in [0.3, 0.4) is 0 Å². The van der Waals surface area contributed by atoms with Crippen molar-refractivity contribution in [1.82, 2.24) is 9.62 Å². The first kappa shape index (κ1) is 19.1. The minimum atomic E-state index is -3.46. The maximum Gasteiger partial charge on any atom is 0.215 e. The molecule has 0 aromatic heterocycles. The minimum absolute atomic E-state index is 0.0738. The van der Waals surface area contributed by atoms with Crippen LogP contribution in [-0.4, -0.2) is 51.9 Å². The van der Waals surface area contributed by atoms with Crippen LogP contribution in [0.25, 0.3) is 0 Å². The number of hydrogen-bond acceptors (Lipinski definition) is 4. The number of likely N-dealkylation sites (N-methyl/N-ethyl adjacent to an activating group) is 1. The Kier molecular flexibility index (Phi) is 6.60. The molecule has 0 radical (unpaired) electrons. The minimum Gasteiger partial charge on any atom is -0.489 e. The number of nitrogens with one attached hydrogen (secondary N) is 1. The van der Waals surface area contributed by atoms with Gasteiger partial charge in [-0.15, -0.1) is 0 Å². The maximum absolute atomic E-state index is 13.4. The van der Waals surface area contributed by atoms with Crippen molar-refractivity contribution in [2.75, 3.05) is 33.0 Å². The van der Waals surface area contributed by atoms with Gasteiger partial charge in [-0.3, -0.25) is 0 Å². The monoisotopic (exact) mass is 358 g/mol. The number of nitrogens with zero attached hydrogens (tertiary/aromatic N) is 1. The van der Waals surface area contributed by atoms with Crippen LogP contribution in [-0.2, 0) is 10.0 Å². The topological polar surface area (TPSA) is 58.6 Å². The van der Waals surface area contributed by atoms with Crippen LogP contribution in [0.1, 0.15) is 32.1 Å². The van der Waals surface area contributed by atoms with Gasteiger partial charge in [0, 0.05) is 12.1 Å². The standard InChI is InChI=1S/C17H27FN2O3S/c1-20(2)17(10-6-3-7-11-17)14-19-24(21,22)13-12-23-16-9-5-4-8-15(16)18/h4-5,8-9,19H,3,6-7,10-14H2,1-2H3. The van der Waals surface area contributed by atoms with Gasteiger partial charge < -0.3 is 9.64 Å². The van der Waals surface area contributed by atoms with Crippen LogP contribution in [0.2, 0.25) is 0 Å². The number of rotatable bonds is 8. The number of sulfonamides is 1. The molecule has 0 aliphatic heterocycles. The molecule has 1 aromatic carbocycles. The quantitative estimate of drug-likeness (QED) is 0.775. The zero-order valence-electron chi connectivity index (χ0n) is 14.4. The normalized spacial score (nSPS) is 17.8. The van der Waals surface area contributed by atoms with Crippen molar-refractivity contribution >= 4 is 10.0 Å². The van der Waals surface area contributed by atoms with E-state index in [0.717, 1.165) is 25.7 Å². The van der Waals surface area contributed by atoms with Crippen molar-refractivity contribution in [3.8, 4) is 5.75 Å². The molecule has 5 nitrogen and oxygen atoms in total. The largest absolute Gasteiger partial charge is 0.489 e. The van der Waals surface area contributed by atoms with E-state index < -0.39 is 15.8 Å². The summed E-state index contributed by atoms with van der Waals surface area (Å²) in [6.07, 6.45) is 5.44. The van der Waals surface area contributed by atoms with Crippen LogP contribution in [0.4, 0.5) is 4.39 Å². The maximum atomic E-state index is 13.4. The molecule has 0 spiro atoms. The molecule has 7 heteroatoms. The van der Waals surface area contributed by atoms with Gasteiger partial charge in [0.25, 0.3) is 0 Å². The van der Waals surface area contributed by atoms with Gasteiger partial charge in [0.05, 0.1) is 5.75 Å². The van der Waals surface area contributed by atoms with Gasteiger partial charge in [-0.25, -0.2) is 17.5 Å². The van der Waals surface area contributed by atoms with Crippen LogP contribution in [0.5, 0.6) is 5.75 Å². The zero-order chi connectivity index (χ0) is 17.6. The lowest BCUT2D eigenvalue weighted by molar-refractivity contribution is 0.105. The van der Waals surface area contributed by atoms with E-state index in [9.17, 15) is 12.8 Å². The van der Waals surface area contributed by atoms with Crippen molar-refractivity contribution in [2.24, 2.45) is 0 Å². The van der Waals surface area contributed by atoms with E-state index in [-0.39, 0.29) is 23.6 Å². The SMILES string of the molecule is CN(C)C1(CNS(=O)(=O)CCOc2ccccc2F)CCCCC1. The summed E-state index contributed by atoms with van der Waals surface area (Å²) in [7, 11) is 0.542. The Labute approximate surface area is 144 Å². The van der Waals surface area contributed by atoms with E-state index in [1.807, 2.05) is 14.1 Å². The smallest absolute Gasteiger partial charge is 0.215 e. The Morgan fingerprint density at radius 3 is 2.50 bits per heavy atom. The molecule has 2 rings (SSSR count). The average Bonchev–Trinajstić information content (AvgIpc) is 2.55. The Hall–Kier alpha value is -1.18. The molecule has 1 aliphatic carbocycles. The first-order chi connectivity index (χ1) is 11.3. The summed E-state index contributed by atoms with van der Waals surface area (Å²) in [6.45, 7) is 0.327. The Morgan fingerprint density at radius 2 is 1.88 bits per heavy atom. The number of benzene rings is 1. The van der Waals surface area contributed by atoms with Gasteiger partial charge in [-0.1, -0.05) is 31.4 Å². The molecular weight excluding hydrogens is 331 g/mol. The number of hydrogen-bond donors (Lipinski definition) is 1. The highest BCUT2D eigenvalue weighted by Gasteiger charge is 2.35. The van der Waals surface area contributed by atoms with Gasteiger partial charge in [0.2, 0.25) is 10.0 Å². The lowest BCUT2D eigenvalue weighted by Crippen LogP contribution is -2.54. The van der Waals surface area contributed by atoms with E-state index in [1.165, 1.54) is 18.6 Å². The molecule has 136 valence electrons. The third kappa shape index (κ3) is 5.16. The predicted octanol–water partition coefficient (Wildman–Crippen LogP) is 2.39. The second-order valence-corrected chi connectivity index (χ2v) is 8.52. The summed E-state index contributed by atoms with van der Waals surface area (Å²) in [4.78, 5) is 2.13. The van der Waals surface area contributed by atoms with Gasteiger partial charge in [-0.2, -0.15) is 0 Å². The first-order valence-electron chi connectivity index (χ1n) is 8.37. The fraction of sp³-hybridized carbons (Fsp3) is 0.647. The van der Waals surface area contributed by atoms with E-state index in [4.69, 9.17) is 4.74 Å². The molecule has 0 amide bonds. The van der Waals surface area contributed by atoms with Gasteiger partial charge in [0.15, 0.2) is 11.6 Å². The Morgan fingerprint density at radius 1 is 1.21 bits per heavy atom. The highest BCUT2D eigenvalue weighted by molar-refractivity contribution is 7.89. The van der Waals surface area contributed by atoms with Crippen LogP contribution in [0, 0.1) is 5.82 Å². The summed E-state index contributed by atoms with van der Waals surface area (Å²) in [5.41, 5.74) is -0.113. The van der Waals surface area contributed by atoms with Crippen LogP contribution >= 0.6 is 0 Å². The van der Waals surface area contributed by atoms with E-state index in [2.05, 4.69) is 9.62 Å². The molecule has 1 fully saturated rings. The summed E-state index contributed by atoms with van der Waals surface area (Å²) in [5.74, 6) is -0.605. The van der Waals surface area contributed by atoms with Crippen molar-refractivity contribution in [3.63, 3.8) is 0 Å². The Bertz CT molecular complexity index is 628. The van der Waals surface area contributed by atoms with Gasteiger partial charge in [0.1, 0.15) is 6.61 Å². The van der Waals surface area contributed by atoms with Crippen LogP contribution in [0.15, 0.2) is 24.3 Å². The molecular formula is C17H27FN2O3S. The lowest BCUT2D eigenvalue weighted by Gasteiger charge is -2.43. The van der Waals surface area contributed by atoms with Gasteiger partial charge >= 0.3 is 0 Å². The van der Waals surface area contributed by atoms with Crippen molar-refractivity contribution in [1.29, 1.82) is 0 Å². The third-order valence-corrected chi connectivity index (χ3v) is 6.09. The summed E-state index contributed by atoms with van der Waals surface area (Å²) < 4.78 is 45.8. The van der Waals surface area contributed by atoms with E-state index >= 15 is 0 Å². The predicted molar refractivity (Wildman–Crippen MR) is 93.2 cm³/mol. The number of halogens is 1. The molecule has 1 aromatic rings.